The van der Waals surface area contributed by atoms with Crippen LogP contribution in [0.1, 0.15) is 25.5 Å². The number of morpholine rings is 1. The number of carbonyl (C=O) groups is 2. The van der Waals surface area contributed by atoms with Crippen molar-refractivity contribution >= 4 is 40.0 Å². The molecule has 8 nitrogen and oxygen atoms in total. The molecule has 0 spiro atoms. The zero-order valence-electron chi connectivity index (χ0n) is 18.7. The van der Waals surface area contributed by atoms with Gasteiger partial charge in [-0.3, -0.25) is 4.79 Å². The maximum atomic E-state index is 12.9. The second kappa shape index (κ2) is 10.2. The first-order valence-electron chi connectivity index (χ1n) is 10.9. The van der Waals surface area contributed by atoms with E-state index < -0.39 is 12.0 Å². The van der Waals surface area contributed by atoms with Crippen molar-refractivity contribution in [3.05, 3.63) is 53.2 Å². The van der Waals surface area contributed by atoms with Gasteiger partial charge in [0.1, 0.15) is 5.75 Å². The number of hydrogen-bond donors (Lipinski definition) is 2. The van der Waals surface area contributed by atoms with Gasteiger partial charge >= 0.3 is 5.97 Å². The first-order valence-corrected chi connectivity index (χ1v) is 11.4. The third-order valence-corrected chi connectivity index (χ3v) is 5.92. The molecule has 2 heterocycles. The lowest BCUT2D eigenvalue weighted by molar-refractivity contribution is -0.139. The molecule has 0 saturated carbocycles. The third-order valence-electron chi connectivity index (χ3n) is 5.70. The van der Waals surface area contributed by atoms with Crippen molar-refractivity contribution in [1.82, 2.24) is 15.5 Å². The number of rotatable bonds is 6. The minimum Gasteiger partial charge on any atom is -0.483 e. The van der Waals surface area contributed by atoms with E-state index >= 15 is 0 Å². The lowest BCUT2D eigenvalue weighted by Crippen LogP contribution is -2.45. The largest absolute Gasteiger partial charge is 0.483 e. The van der Waals surface area contributed by atoms with Crippen molar-refractivity contribution in [2.45, 2.75) is 19.9 Å². The molecule has 1 fully saturated rings. The van der Waals surface area contributed by atoms with Crippen molar-refractivity contribution in [3.63, 3.8) is 0 Å². The summed E-state index contributed by atoms with van der Waals surface area (Å²) in [6, 6.07) is 11.0. The van der Waals surface area contributed by atoms with Gasteiger partial charge in [0.05, 0.1) is 31.4 Å². The van der Waals surface area contributed by atoms with E-state index in [9.17, 15) is 9.59 Å². The number of nitrogens with one attached hydrogen (secondary N) is 2. The quantitative estimate of drug-likeness (QED) is 0.493. The Labute approximate surface area is 197 Å². The highest BCUT2D eigenvalue weighted by molar-refractivity contribution is 7.80. The van der Waals surface area contributed by atoms with E-state index in [1.54, 1.807) is 18.7 Å². The average Bonchev–Trinajstić information content (AvgIpc) is 2.82. The van der Waals surface area contributed by atoms with E-state index in [-0.39, 0.29) is 19.1 Å². The number of allylic oxidation sites excluding steroid dienone is 1. The molecule has 0 aliphatic carbocycles. The molecule has 2 aromatic carbocycles. The lowest BCUT2D eigenvalue weighted by atomic mass is 9.90. The predicted octanol–water partition coefficient (Wildman–Crippen LogP) is 2.43. The number of amides is 1. The number of fused-ring (bicyclic) bond motifs is 1. The monoisotopic (exact) mass is 469 g/mol. The molecule has 0 aromatic heterocycles. The molecule has 4 rings (SSSR count). The molecule has 2 aliphatic heterocycles. The topological polar surface area (TPSA) is 89.1 Å². The van der Waals surface area contributed by atoms with Crippen molar-refractivity contribution in [2.24, 2.45) is 0 Å². The standard InChI is InChI=1S/C24H27N3O5S/c1-3-31-23(29)20-15(2)25-24(33)26-22(20)21-17-7-5-4-6-16(17)8-9-18(21)32-14-19(28)27-10-12-30-13-11-27/h4-9,22H,3,10-14H2,1-2H3,(H2,25,26,33)/t22-/m1/s1. The van der Waals surface area contributed by atoms with Crippen LogP contribution in [0.2, 0.25) is 0 Å². The van der Waals surface area contributed by atoms with Crippen molar-refractivity contribution < 1.29 is 23.8 Å². The van der Waals surface area contributed by atoms with Gasteiger partial charge < -0.3 is 29.7 Å². The van der Waals surface area contributed by atoms with E-state index in [2.05, 4.69) is 10.6 Å². The Morgan fingerprint density at radius 3 is 2.70 bits per heavy atom. The van der Waals surface area contributed by atoms with E-state index in [1.165, 1.54) is 0 Å². The van der Waals surface area contributed by atoms with Crippen LogP contribution in [0.3, 0.4) is 0 Å². The molecule has 2 aromatic rings. The average molecular weight is 470 g/mol. The van der Waals surface area contributed by atoms with Crippen LogP contribution in [0, 0.1) is 0 Å². The number of thiocarbonyl (C=S) groups is 1. The summed E-state index contributed by atoms with van der Waals surface area (Å²) in [7, 11) is 0. The van der Waals surface area contributed by atoms with E-state index in [4.69, 9.17) is 26.4 Å². The number of benzene rings is 2. The molecular formula is C24H27N3O5S. The van der Waals surface area contributed by atoms with Crippen LogP contribution in [0.5, 0.6) is 5.75 Å². The number of ether oxygens (including phenoxy) is 3. The van der Waals surface area contributed by atoms with Gasteiger partial charge in [0, 0.05) is 24.4 Å². The molecule has 174 valence electrons. The van der Waals surface area contributed by atoms with Crippen LogP contribution < -0.4 is 15.4 Å². The number of hydrogen-bond acceptors (Lipinski definition) is 6. The van der Waals surface area contributed by atoms with Gasteiger partial charge in [0.25, 0.3) is 5.91 Å². The van der Waals surface area contributed by atoms with Crippen LogP contribution in [0.15, 0.2) is 47.7 Å². The van der Waals surface area contributed by atoms with E-state index in [1.807, 2.05) is 36.4 Å². The molecule has 1 amide bonds. The van der Waals surface area contributed by atoms with Crippen LogP contribution >= 0.6 is 12.2 Å². The zero-order chi connectivity index (χ0) is 23.4. The fourth-order valence-electron chi connectivity index (χ4n) is 4.13. The van der Waals surface area contributed by atoms with Gasteiger partial charge in [0.15, 0.2) is 11.7 Å². The summed E-state index contributed by atoms with van der Waals surface area (Å²) in [5.74, 6) is -0.0403. The lowest BCUT2D eigenvalue weighted by Gasteiger charge is -2.32. The third kappa shape index (κ3) is 4.94. The molecular weight excluding hydrogens is 442 g/mol. The van der Waals surface area contributed by atoms with Gasteiger partial charge in [-0.15, -0.1) is 0 Å². The molecule has 0 radical (unpaired) electrons. The number of nitrogens with zero attached hydrogens (tertiary/aromatic N) is 1. The van der Waals surface area contributed by atoms with Gasteiger partial charge in [-0.25, -0.2) is 4.79 Å². The Hall–Kier alpha value is -3.17. The Bertz CT molecular complexity index is 1110. The van der Waals surface area contributed by atoms with Gasteiger partial charge in [0.2, 0.25) is 0 Å². The molecule has 2 aliphatic rings. The second-order valence-corrected chi connectivity index (χ2v) is 8.18. The summed E-state index contributed by atoms with van der Waals surface area (Å²) in [5.41, 5.74) is 1.77. The first-order chi connectivity index (χ1) is 16.0. The van der Waals surface area contributed by atoms with Crippen molar-refractivity contribution in [1.29, 1.82) is 0 Å². The van der Waals surface area contributed by atoms with Gasteiger partial charge in [-0.2, -0.15) is 0 Å². The SMILES string of the molecule is CCOC(=O)C1=C(C)NC(=S)N[C@H]1c1c(OCC(=O)N2CCOCC2)ccc2ccccc12. The van der Waals surface area contributed by atoms with Gasteiger partial charge in [-0.1, -0.05) is 30.3 Å². The molecule has 1 atom stereocenters. The molecule has 0 bridgehead atoms. The summed E-state index contributed by atoms with van der Waals surface area (Å²) in [5, 5.41) is 8.49. The van der Waals surface area contributed by atoms with Crippen molar-refractivity contribution in [3.8, 4) is 5.75 Å². The molecule has 33 heavy (non-hydrogen) atoms. The summed E-state index contributed by atoms with van der Waals surface area (Å²) in [6.45, 7) is 5.84. The number of esters is 1. The minimum absolute atomic E-state index is 0.108. The minimum atomic E-state index is -0.600. The second-order valence-electron chi connectivity index (χ2n) is 7.77. The van der Waals surface area contributed by atoms with Gasteiger partial charge in [-0.05, 0) is 42.9 Å². The fraction of sp³-hybridized carbons (Fsp3) is 0.375. The summed E-state index contributed by atoms with van der Waals surface area (Å²) in [4.78, 5) is 27.3. The van der Waals surface area contributed by atoms with Crippen LogP contribution in [-0.4, -0.2) is 61.4 Å². The normalized spacial score (nSPS) is 18.5. The number of carbonyl (C=O) groups excluding carboxylic acids is 2. The highest BCUT2D eigenvalue weighted by Crippen LogP contribution is 2.38. The van der Waals surface area contributed by atoms with Crippen LogP contribution in [0.4, 0.5) is 0 Å². The molecule has 1 saturated heterocycles. The molecule has 2 N–H and O–H groups in total. The molecule has 9 heteroatoms. The Kier molecular flexibility index (Phi) is 7.10. The van der Waals surface area contributed by atoms with E-state index in [0.29, 0.717) is 48.4 Å². The van der Waals surface area contributed by atoms with Crippen molar-refractivity contribution in [2.75, 3.05) is 39.5 Å². The highest BCUT2D eigenvalue weighted by atomic mass is 32.1. The maximum Gasteiger partial charge on any atom is 0.338 e. The Morgan fingerprint density at radius 2 is 1.94 bits per heavy atom. The maximum absolute atomic E-state index is 12.9. The van der Waals surface area contributed by atoms with Crippen LogP contribution in [0.25, 0.3) is 10.8 Å². The first kappa shape index (κ1) is 23.0. The predicted molar refractivity (Wildman–Crippen MR) is 128 cm³/mol. The fourth-order valence-corrected chi connectivity index (χ4v) is 4.40. The Morgan fingerprint density at radius 1 is 1.18 bits per heavy atom. The van der Waals surface area contributed by atoms with Crippen LogP contribution in [-0.2, 0) is 19.1 Å². The summed E-state index contributed by atoms with van der Waals surface area (Å²) >= 11 is 5.40. The zero-order valence-corrected chi connectivity index (χ0v) is 19.5. The summed E-state index contributed by atoms with van der Waals surface area (Å²) in [6.07, 6.45) is 0. The smallest absolute Gasteiger partial charge is 0.338 e. The highest BCUT2D eigenvalue weighted by Gasteiger charge is 2.34. The van der Waals surface area contributed by atoms with E-state index in [0.717, 1.165) is 16.3 Å². The molecule has 0 unspecified atom stereocenters. The Balaban J connectivity index is 1.74. The summed E-state index contributed by atoms with van der Waals surface area (Å²) < 4.78 is 16.7.